The van der Waals surface area contributed by atoms with Gasteiger partial charge in [0, 0.05) is 24.2 Å². The number of carbonyl (C=O) groups excluding carboxylic acids is 1. The molecule has 0 aliphatic rings. The van der Waals surface area contributed by atoms with Crippen LogP contribution in [0.3, 0.4) is 0 Å². The molecule has 0 atom stereocenters. The van der Waals surface area contributed by atoms with Crippen LogP contribution in [-0.4, -0.2) is 23.0 Å². The number of aryl methyl sites for hydroxylation is 1. The third kappa shape index (κ3) is 1.82. The van der Waals surface area contributed by atoms with Crippen LogP contribution in [0.25, 0.3) is 11.1 Å². The average Bonchev–Trinajstić information content (AvgIpc) is 2.78. The van der Waals surface area contributed by atoms with E-state index in [9.17, 15) is 4.79 Å². The van der Waals surface area contributed by atoms with Crippen molar-refractivity contribution in [1.29, 1.82) is 0 Å². The van der Waals surface area contributed by atoms with E-state index in [0.29, 0.717) is 5.69 Å². The number of ether oxygens (including phenoxy) is 1. The third-order valence-corrected chi connectivity index (χ3v) is 2.42. The lowest BCUT2D eigenvalue weighted by Gasteiger charge is -2.00. The Labute approximate surface area is 93.3 Å². The van der Waals surface area contributed by atoms with Crippen molar-refractivity contribution < 1.29 is 9.53 Å². The second-order valence-corrected chi connectivity index (χ2v) is 3.48. The summed E-state index contributed by atoms with van der Waals surface area (Å²) in [5.41, 5.74) is 3.54. The molecule has 0 saturated carbocycles. The minimum absolute atomic E-state index is 0.363. The summed E-state index contributed by atoms with van der Waals surface area (Å²) in [6.07, 6.45) is 5.31. The number of carbonyl (C=O) groups is 1. The summed E-state index contributed by atoms with van der Waals surface area (Å²) in [5.74, 6) is -0.363. The van der Waals surface area contributed by atoms with Crippen LogP contribution in [0.2, 0.25) is 0 Å². The van der Waals surface area contributed by atoms with Crippen LogP contribution >= 0.6 is 0 Å². The van der Waals surface area contributed by atoms with E-state index in [1.165, 1.54) is 7.11 Å². The molecule has 4 heteroatoms. The van der Waals surface area contributed by atoms with Crippen molar-refractivity contribution in [2.24, 2.45) is 0 Å². The van der Waals surface area contributed by atoms with Crippen molar-refractivity contribution in [3.05, 3.63) is 42.0 Å². The summed E-state index contributed by atoms with van der Waals surface area (Å²) < 4.78 is 4.63. The number of aromatic nitrogens is 2. The highest BCUT2D eigenvalue weighted by Gasteiger charge is 2.10. The molecule has 4 nitrogen and oxygen atoms in total. The molecule has 0 unspecified atom stereocenters. The quantitative estimate of drug-likeness (QED) is 0.783. The second kappa shape index (κ2) is 4.18. The zero-order valence-corrected chi connectivity index (χ0v) is 9.15. The number of nitrogens with zero attached hydrogens (tertiary/aromatic N) is 1. The summed E-state index contributed by atoms with van der Waals surface area (Å²) in [4.78, 5) is 18.2. The monoisotopic (exact) mass is 216 g/mol. The van der Waals surface area contributed by atoms with E-state index in [2.05, 4.69) is 14.7 Å². The lowest BCUT2D eigenvalue weighted by Crippen LogP contribution is -2.00. The van der Waals surface area contributed by atoms with Gasteiger partial charge >= 0.3 is 5.97 Å². The zero-order chi connectivity index (χ0) is 11.5. The van der Waals surface area contributed by atoms with Gasteiger partial charge in [0.05, 0.1) is 7.11 Å². The van der Waals surface area contributed by atoms with Gasteiger partial charge < -0.3 is 9.72 Å². The summed E-state index contributed by atoms with van der Waals surface area (Å²) >= 11 is 0. The molecular formula is C12H12N2O2. The topological polar surface area (TPSA) is 55.0 Å². The number of methoxy groups -OCH3 is 1. The Morgan fingerprint density at radius 1 is 1.50 bits per heavy atom. The van der Waals surface area contributed by atoms with E-state index in [4.69, 9.17) is 0 Å². The number of pyridine rings is 1. The van der Waals surface area contributed by atoms with Crippen molar-refractivity contribution in [2.75, 3.05) is 7.11 Å². The lowest BCUT2D eigenvalue weighted by molar-refractivity contribution is 0.0595. The first kappa shape index (κ1) is 10.4. The maximum absolute atomic E-state index is 11.3. The van der Waals surface area contributed by atoms with Crippen molar-refractivity contribution in [3.63, 3.8) is 0 Å². The van der Waals surface area contributed by atoms with Gasteiger partial charge in [-0.15, -0.1) is 0 Å². The zero-order valence-electron chi connectivity index (χ0n) is 9.15. The molecule has 2 aromatic heterocycles. The summed E-state index contributed by atoms with van der Waals surface area (Å²) in [7, 11) is 1.36. The van der Waals surface area contributed by atoms with Crippen LogP contribution < -0.4 is 0 Å². The number of aromatic amines is 1. The van der Waals surface area contributed by atoms with Gasteiger partial charge in [0.15, 0.2) is 0 Å². The van der Waals surface area contributed by atoms with E-state index in [-0.39, 0.29) is 5.97 Å². The predicted molar refractivity (Wildman–Crippen MR) is 60.1 cm³/mol. The van der Waals surface area contributed by atoms with Gasteiger partial charge in [-0.2, -0.15) is 0 Å². The Kier molecular flexibility index (Phi) is 2.72. The average molecular weight is 216 g/mol. The fourth-order valence-electron chi connectivity index (χ4n) is 1.57. The molecule has 0 amide bonds. The van der Waals surface area contributed by atoms with Crippen LogP contribution in [-0.2, 0) is 4.74 Å². The second-order valence-electron chi connectivity index (χ2n) is 3.48. The summed E-state index contributed by atoms with van der Waals surface area (Å²) in [5, 5.41) is 0. The van der Waals surface area contributed by atoms with Gasteiger partial charge in [-0.3, -0.25) is 4.98 Å². The van der Waals surface area contributed by atoms with Crippen LogP contribution in [0.1, 0.15) is 16.1 Å². The highest BCUT2D eigenvalue weighted by Crippen LogP contribution is 2.23. The first-order chi connectivity index (χ1) is 7.72. The smallest absolute Gasteiger partial charge is 0.354 e. The largest absolute Gasteiger partial charge is 0.464 e. The number of rotatable bonds is 2. The number of H-pyrrole nitrogens is 1. The number of esters is 1. The van der Waals surface area contributed by atoms with Crippen molar-refractivity contribution in [2.45, 2.75) is 6.92 Å². The van der Waals surface area contributed by atoms with Gasteiger partial charge in [-0.05, 0) is 30.2 Å². The normalized spacial score (nSPS) is 10.1. The van der Waals surface area contributed by atoms with Gasteiger partial charge in [0.2, 0.25) is 0 Å². The SMILES string of the molecule is COC(=O)c1cc(-c2ccncc2C)c[nH]1. The van der Waals surface area contributed by atoms with E-state index in [1.807, 2.05) is 13.0 Å². The molecule has 2 rings (SSSR count). The molecule has 0 fully saturated rings. The molecule has 0 aromatic carbocycles. The Bertz CT molecular complexity index is 517. The van der Waals surface area contributed by atoms with Crippen molar-refractivity contribution >= 4 is 5.97 Å². The van der Waals surface area contributed by atoms with Crippen LogP contribution in [0, 0.1) is 6.92 Å². The van der Waals surface area contributed by atoms with E-state index in [0.717, 1.165) is 16.7 Å². The molecule has 1 N–H and O–H groups in total. The Morgan fingerprint density at radius 3 is 3.00 bits per heavy atom. The fourth-order valence-corrected chi connectivity index (χ4v) is 1.57. The predicted octanol–water partition coefficient (Wildman–Crippen LogP) is 2.17. The van der Waals surface area contributed by atoms with E-state index < -0.39 is 0 Å². The molecule has 2 aromatic rings. The Balaban J connectivity index is 2.39. The number of hydrogen-bond acceptors (Lipinski definition) is 3. The third-order valence-electron chi connectivity index (χ3n) is 2.42. The molecular weight excluding hydrogens is 204 g/mol. The highest BCUT2D eigenvalue weighted by atomic mass is 16.5. The molecule has 0 aliphatic carbocycles. The number of hydrogen-bond donors (Lipinski definition) is 1. The highest BCUT2D eigenvalue weighted by molar-refractivity contribution is 5.89. The minimum atomic E-state index is -0.363. The van der Waals surface area contributed by atoms with Crippen LogP contribution in [0.15, 0.2) is 30.7 Å². The maximum Gasteiger partial charge on any atom is 0.354 e. The molecule has 0 spiro atoms. The molecule has 82 valence electrons. The van der Waals surface area contributed by atoms with E-state index in [1.54, 1.807) is 24.7 Å². The Hall–Kier alpha value is -2.10. The molecule has 0 bridgehead atoms. The van der Waals surface area contributed by atoms with Crippen molar-refractivity contribution in [3.8, 4) is 11.1 Å². The standard InChI is InChI=1S/C12H12N2O2/c1-8-6-13-4-3-10(8)9-5-11(14-7-9)12(15)16-2/h3-7,14H,1-2H3. The molecule has 0 radical (unpaired) electrons. The lowest BCUT2D eigenvalue weighted by atomic mass is 10.1. The molecule has 2 heterocycles. The molecule has 16 heavy (non-hydrogen) atoms. The first-order valence-corrected chi connectivity index (χ1v) is 4.90. The molecule has 0 saturated heterocycles. The van der Waals surface area contributed by atoms with Crippen molar-refractivity contribution in [1.82, 2.24) is 9.97 Å². The maximum atomic E-state index is 11.3. The summed E-state index contributed by atoms with van der Waals surface area (Å²) in [6.45, 7) is 1.98. The minimum Gasteiger partial charge on any atom is -0.464 e. The van der Waals surface area contributed by atoms with Crippen LogP contribution in [0.4, 0.5) is 0 Å². The molecule has 0 aliphatic heterocycles. The van der Waals surface area contributed by atoms with E-state index >= 15 is 0 Å². The summed E-state index contributed by atoms with van der Waals surface area (Å²) in [6, 6.07) is 3.69. The first-order valence-electron chi connectivity index (χ1n) is 4.90. The fraction of sp³-hybridized carbons (Fsp3) is 0.167. The number of nitrogens with one attached hydrogen (secondary N) is 1. The Morgan fingerprint density at radius 2 is 2.31 bits per heavy atom. The van der Waals surface area contributed by atoms with Gasteiger partial charge in [0.1, 0.15) is 5.69 Å². The van der Waals surface area contributed by atoms with Crippen LogP contribution in [0.5, 0.6) is 0 Å². The van der Waals surface area contributed by atoms with Gasteiger partial charge in [-0.1, -0.05) is 0 Å². The van der Waals surface area contributed by atoms with Gasteiger partial charge in [0.25, 0.3) is 0 Å². The van der Waals surface area contributed by atoms with Gasteiger partial charge in [-0.25, -0.2) is 4.79 Å².